The van der Waals surface area contributed by atoms with E-state index in [1.165, 1.54) is 7.11 Å². The van der Waals surface area contributed by atoms with Gasteiger partial charge in [-0.2, -0.15) is 0 Å². The summed E-state index contributed by atoms with van der Waals surface area (Å²) in [5.74, 6) is -0.538. The third-order valence-electron chi connectivity index (χ3n) is 3.10. The molecule has 0 heterocycles. The molecule has 118 valence electrons. The predicted molar refractivity (Wildman–Crippen MR) is 84.0 cm³/mol. The number of hydrogen-bond acceptors (Lipinski definition) is 4. The first-order chi connectivity index (χ1) is 9.36. The maximum Gasteiger partial charge on any atom is 0.313 e. The third-order valence-corrected chi connectivity index (χ3v) is 3.10. The molecule has 0 aliphatic rings. The van der Waals surface area contributed by atoms with Crippen molar-refractivity contribution in [3.63, 3.8) is 0 Å². The lowest BCUT2D eigenvalue weighted by Crippen LogP contribution is -2.40. The van der Waals surface area contributed by atoms with Crippen molar-refractivity contribution in [2.45, 2.75) is 26.3 Å². The summed E-state index contributed by atoms with van der Waals surface area (Å²) in [6.07, 6.45) is 0.182. The number of benzene rings is 1. The zero-order valence-electron chi connectivity index (χ0n) is 12.6. The molecule has 1 rings (SSSR count). The second-order valence-electron chi connectivity index (χ2n) is 5.37. The van der Waals surface area contributed by atoms with E-state index in [9.17, 15) is 9.59 Å². The fourth-order valence-electron chi connectivity index (χ4n) is 1.76. The Morgan fingerprint density at radius 3 is 2.38 bits per heavy atom. The number of nitrogens with two attached hydrogens (primary N) is 1. The monoisotopic (exact) mass is 314 g/mol. The fourth-order valence-corrected chi connectivity index (χ4v) is 1.76. The number of esters is 1. The second kappa shape index (κ2) is 8.64. The minimum Gasteiger partial charge on any atom is -0.469 e. The zero-order chi connectivity index (χ0) is 15.2. The van der Waals surface area contributed by atoms with Crippen LogP contribution in [0.2, 0.25) is 0 Å². The van der Waals surface area contributed by atoms with E-state index in [1.54, 1.807) is 13.8 Å². The highest BCUT2D eigenvalue weighted by Gasteiger charge is 2.29. The Kier molecular flexibility index (Phi) is 7.99. The number of carbonyl (C=O) groups excluding carboxylic acids is 2. The fraction of sp³-hybridized carbons (Fsp3) is 0.467. The van der Waals surface area contributed by atoms with Crippen LogP contribution in [0.15, 0.2) is 30.3 Å². The van der Waals surface area contributed by atoms with Gasteiger partial charge in [0.25, 0.3) is 0 Å². The Hall–Kier alpha value is -1.59. The Bertz CT molecular complexity index is 463. The maximum atomic E-state index is 11.8. The molecule has 1 amide bonds. The van der Waals surface area contributed by atoms with Gasteiger partial charge in [0.1, 0.15) is 0 Å². The van der Waals surface area contributed by atoms with Gasteiger partial charge in [-0.3, -0.25) is 9.59 Å². The standard InChI is InChI=1S/C15H22N2O3.ClH/c1-15(2,14(19)20-3)10-17-13(18)9-12(16)11-7-5-4-6-8-11;/h4-8,12H,9-10,16H2,1-3H3,(H,17,18);1H. The lowest BCUT2D eigenvalue weighted by molar-refractivity contribution is -0.150. The molecular formula is C15H23ClN2O3. The summed E-state index contributed by atoms with van der Waals surface area (Å²) in [4.78, 5) is 23.3. The summed E-state index contributed by atoms with van der Waals surface area (Å²) < 4.78 is 4.68. The molecule has 0 bridgehead atoms. The zero-order valence-corrected chi connectivity index (χ0v) is 13.4. The minimum atomic E-state index is -0.749. The molecular weight excluding hydrogens is 292 g/mol. The first kappa shape index (κ1) is 19.4. The van der Waals surface area contributed by atoms with E-state index in [2.05, 4.69) is 10.1 Å². The van der Waals surface area contributed by atoms with Crippen LogP contribution in [0.4, 0.5) is 0 Å². The van der Waals surface area contributed by atoms with Crippen molar-refractivity contribution in [2.75, 3.05) is 13.7 Å². The Morgan fingerprint density at radius 2 is 1.86 bits per heavy atom. The number of rotatable bonds is 6. The number of nitrogens with one attached hydrogen (secondary N) is 1. The van der Waals surface area contributed by atoms with Crippen LogP contribution in [0.5, 0.6) is 0 Å². The van der Waals surface area contributed by atoms with Gasteiger partial charge in [-0.05, 0) is 19.4 Å². The Balaban J connectivity index is 0.00000400. The minimum absolute atomic E-state index is 0. The summed E-state index contributed by atoms with van der Waals surface area (Å²) in [7, 11) is 1.33. The average molecular weight is 315 g/mol. The molecule has 0 radical (unpaired) electrons. The smallest absolute Gasteiger partial charge is 0.313 e. The van der Waals surface area contributed by atoms with Crippen molar-refractivity contribution < 1.29 is 14.3 Å². The molecule has 0 saturated carbocycles. The molecule has 3 N–H and O–H groups in total. The highest BCUT2D eigenvalue weighted by molar-refractivity contribution is 5.85. The van der Waals surface area contributed by atoms with Crippen molar-refractivity contribution in [1.82, 2.24) is 5.32 Å². The molecule has 0 spiro atoms. The van der Waals surface area contributed by atoms with Gasteiger partial charge in [0.15, 0.2) is 0 Å². The highest BCUT2D eigenvalue weighted by atomic mass is 35.5. The summed E-state index contributed by atoms with van der Waals surface area (Å²) in [6.45, 7) is 3.66. The molecule has 0 saturated heterocycles. The van der Waals surface area contributed by atoms with Crippen molar-refractivity contribution in [2.24, 2.45) is 11.1 Å². The molecule has 0 aliphatic heterocycles. The van der Waals surface area contributed by atoms with Crippen molar-refractivity contribution in [3.05, 3.63) is 35.9 Å². The molecule has 0 fully saturated rings. The predicted octanol–water partition coefficient (Wildman–Crippen LogP) is 1.81. The number of hydrogen-bond donors (Lipinski definition) is 2. The first-order valence-corrected chi connectivity index (χ1v) is 6.52. The van der Waals surface area contributed by atoms with Crippen LogP contribution in [0.1, 0.15) is 31.9 Å². The SMILES string of the molecule is COC(=O)C(C)(C)CNC(=O)CC(N)c1ccccc1.Cl. The maximum absolute atomic E-state index is 11.8. The van der Waals surface area contributed by atoms with Gasteiger partial charge in [0.05, 0.1) is 12.5 Å². The van der Waals surface area contributed by atoms with E-state index in [4.69, 9.17) is 5.73 Å². The van der Waals surface area contributed by atoms with Crippen LogP contribution in [0.25, 0.3) is 0 Å². The molecule has 21 heavy (non-hydrogen) atoms. The largest absolute Gasteiger partial charge is 0.469 e. The number of amides is 1. The van der Waals surface area contributed by atoms with Crippen molar-refractivity contribution in [3.8, 4) is 0 Å². The molecule has 0 aromatic heterocycles. The summed E-state index contributed by atoms with van der Waals surface area (Å²) >= 11 is 0. The third kappa shape index (κ3) is 6.14. The molecule has 1 aromatic rings. The molecule has 0 aliphatic carbocycles. The average Bonchev–Trinajstić information content (AvgIpc) is 2.45. The van der Waals surface area contributed by atoms with Crippen LogP contribution in [0, 0.1) is 5.41 Å². The van der Waals surface area contributed by atoms with Crippen LogP contribution < -0.4 is 11.1 Å². The van der Waals surface area contributed by atoms with Crippen molar-refractivity contribution in [1.29, 1.82) is 0 Å². The van der Waals surface area contributed by atoms with Crippen molar-refractivity contribution >= 4 is 24.3 Å². The number of ether oxygens (including phenoxy) is 1. The molecule has 1 unspecified atom stereocenters. The molecule has 1 atom stereocenters. The lowest BCUT2D eigenvalue weighted by atomic mass is 9.93. The quantitative estimate of drug-likeness (QED) is 0.785. The van der Waals surface area contributed by atoms with Gasteiger partial charge in [-0.1, -0.05) is 30.3 Å². The number of halogens is 1. The van der Waals surface area contributed by atoms with Gasteiger partial charge < -0.3 is 15.8 Å². The van der Waals surface area contributed by atoms with E-state index < -0.39 is 5.41 Å². The van der Waals surface area contributed by atoms with Crippen LogP contribution in [-0.4, -0.2) is 25.5 Å². The molecule has 5 nitrogen and oxygen atoms in total. The van der Waals surface area contributed by atoms with E-state index in [1.807, 2.05) is 30.3 Å². The number of methoxy groups -OCH3 is 1. The molecule has 6 heteroatoms. The summed E-state index contributed by atoms with van der Waals surface area (Å²) in [5, 5.41) is 2.72. The second-order valence-corrected chi connectivity index (χ2v) is 5.37. The summed E-state index contributed by atoms with van der Waals surface area (Å²) in [5.41, 5.74) is 6.13. The van der Waals surface area contributed by atoms with Crippen LogP contribution >= 0.6 is 12.4 Å². The van der Waals surface area contributed by atoms with Gasteiger partial charge >= 0.3 is 5.97 Å². The highest BCUT2D eigenvalue weighted by Crippen LogP contribution is 2.16. The topological polar surface area (TPSA) is 81.4 Å². The van der Waals surface area contributed by atoms with Crippen LogP contribution in [0.3, 0.4) is 0 Å². The number of carbonyl (C=O) groups is 2. The van der Waals surface area contributed by atoms with E-state index in [-0.39, 0.29) is 43.3 Å². The van der Waals surface area contributed by atoms with E-state index >= 15 is 0 Å². The van der Waals surface area contributed by atoms with Crippen LogP contribution in [-0.2, 0) is 14.3 Å². The summed E-state index contributed by atoms with van der Waals surface area (Å²) in [6, 6.07) is 9.08. The van der Waals surface area contributed by atoms with E-state index in [0.29, 0.717) is 0 Å². The van der Waals surface area contributed by atoms with E-state index in [0.717, 1.165) is 5.56 Å². The Labute approximate surface area is 131 Å². The lowest BCUT2D eigenvalue weighted by Gasteiger charge is -2.22. The van der Waals surface area contributed by atoms with Gasteiger partial charge in [-0.25, -0.2) is 0 Å². The molecule has 1 aromatic carbocycles. The first-order valence-electron chi connectivity index (χ1n) is 6.52. The van der Waals surface area contributed by atoms with Gasteiger partial charge in [-0.15, -0.1) is 12.4 Å². The normalized spacial score (nSPS) is 12.0. The van der Waals surface area contributed by atoms with Gasteiger partial charge in [0, 0.05) is 19.0 Å². The Morgan fingerprint density at radius 1 is 1.29 bits per heavy atom. The van der Waals surface area contributed by atoms with Gasteiger partial charge in [0.2, 0.25) is 5.91 Å².